The highest BCUT2D eigenvalue weighted by atomic mass is 16.5. The molecule has 5 nitrogen and oxygen atoms in total. The van der Waals surface area contributed by atoms with Gasteiger partial charge in [-0.15, -0.1) is 0 Å². The van der Waals surface area contributed by atoms with Crippen LogP contribution in [0.3, 0.4) is 0 Å². The first-order valence-electron chi connectivity index (χ1n) is 10.2. The predicted molar refractivity (Wildman–Crippen MR) is 123 cm³/mol. The first-order valence-corrected chi connectivity index (χ1v) is 10.2. The topological polar surface area (TPSA) is 62.4 Å². The molecule has 0 saturated heterocycles. The average molecular weight is 412 g/mol. The minimum Gasteiger partial charge on any atom is -0.427 e. The number of carbonyl (C=O) groups excluding carboxylic acids is 2. The van der Waals surface area contributed by atoms with Crippen molar-refractivity contribution in [2.45, 2.75) is 19.8 Å². The van der Waals surface area contributed by atoms with Gasteiger partial charge < -0.3 is 14.6 Å². The summed E-state index contributed by atoms with van der Waals surface area (Å²) in [6.07, 6.45) is 2.83. The maximum absolute atomic E-state index is 12.6. The molecule has 0 spiro atoms. The van der Waals surface area contributed by atoms with Gasteiger partial charge in [-0.3, -0.25) is 9.59 Å². The average Bonchev–Trinajstić information content (AvgIpc) is 3.21. The normalized spacial score (nSPS) is 10.8. The molecule has 1 amide bonds. The lowest BCUT2D eigenvalue weighted by atomic mass is 10.1. The summed E-state index contributed by atoms with van der Waals surface area (Å²) in [5.74, 6) is 0.0782. The van der Waals surface area contributed by atoms with Gasteiger partial charge in [-0.05, 0) is 61.4 Å². The molecule has 156 valence electrons. The SMILES string of the molecule is Cc1ccc(C(=O)N(C)c2ccc(OC(=O)CCc3c[nH]c4ccccc34)cc2)cc1. The summed E-state index contributed by atoms with van der Waals surface area (Å²) < 4.78 is 5.47. The first-order chi connectivity index (χ1) is 15.0. The number of nitrogens with zero attached hydrogens (tertiary/aromatic N) is 1. The van der Waals surface area contributed by atoms with E-state index in [0.29, 0.717) is 17.7 Å². The Morgan fingerprint density at radius 2 is 1.65 bits per heavy atom. The van der Waals surface area contributed by atoms with E-state index >= 15 is 0 Å². The lowest BCUT2D eigenvalue weighted by Crippen LogP contribution is -2.26. The number of H-pyrrole nitrogens is 1. The quantitative estimate of drug-likeness (QED) is 0.346. The summed E-state index contributed by atoms with van der Waals surface area (Å²) in [6, 6.07) is 22.4. The molecule has 4 rings (SSSR count). The van der Waals surface area contributed by atoms with Crippen LogP contribution >= 0.6 is 0 Å². The third kappa shape index (κ3) is 4.67. The molecule has 1 heterocycles. The second kappa shape index (κ2) is 8.88. The highest BCUT2D eigenvalue weighted by Crippen LogP contribution is 2.22. The van der Waals surface area contributed by atoms with Crippen LogP contribution < -0.4 is 9.64 Å². The zero-order valence-corrected chi connectivity index (χ0v) is 17.6. The number of rotatable bonds is 6. The summed E-state index contributed by atoms with van der Waals surface area (Å²) in [5.41, 5.74) is 4.62. The lowest BCUT2D eigenvalue weighted by Gasteiger charge is -2.18. The van der Waals surface area contributed by atoms with Crippen LogP contribution in [0.25, 0.3) is 10.9 Å². The molecule has 3 aromatic carbocycles. The fourth-order valence-electron chi connectivity index (χ4n) is 3.50. The fraction of sp³-hybridized carbons (Fsp3) is 0.154. The molecule has 0 aliphatic heterocycles. The Labute approximate surface area is 181 Å². The van der Waals surface area contributed by atoms with Crippen LogP contribution in [0.4, 0.5) is 5.69 Å². The predicted octanol–water partition coefficient (Wildman–Crippen LogP) is 5.29. The molecule has 0 aliphatic rings. The Morgan fingerprint density at radius 1 is 0.935 bits per heavy atom. The van der Waals surface area contributed by atoms with Gasteiger partial charge in [0.15, 0.2) is 0 Å². The molecule has 0 atom stereocenters. The molecule has 31 heavy (non-hydrogen) atoms. The van der Waals surface area contributed by atoms with Crippen molar-refractivity contribution >= 4 is 28.5 Å². The van der Waals surface area contributed by atoms with Gasteiger partial charge in [0.2, 0.25) is 0 Å². The Balaban J connectivity index is 1.35. The number of nitrogens with one attached hydrogen (secondary N) is 1. The third-order valence-electron chi connectivity index (χ3n) is 5.33. The summed E-state index contributed by atoms with van der Waals surface area (Å²) in [7, 11) is 1.73. The lowest BCUT2D eigenvalue weighted by molar-refractivity contribution is -0.134. The van der Waals surface area contributed by atoms with Crippen LogP contribution in [0.5, 0.6) is 5.75 Å². The molecule has 0 bridgehead atoms. The molecule has 0 saturated carbocycles. The van der Waals surface area contributed by atoms with E-state index < -0.39 is 0 Å². The molecular formula is C26H24N2O3. The highest BCUT2D eigenvalue weighted by Gasteiger charge is 2.14. The number of benzene rings is 3. The van der Waals surface area contributed by atoms with Gasteiger partial charge in [-0.25, -0.2) is 0 Å². The van der Waals surface area contributed by atoms with Crippen LogP contribution in [0, 0.1) is 6.92 Å². The number of aromatic nitrogens is 1. The minimum absolute atomic E-state index is 0.0940. The van der Waals surface area contributed by atoms with E-state index in [9.17, 15) is 9.59 Å². The van der Waals surface area contributed by atoms with Gasteiger partial charge in [-0.1, -0.05) is 35.9 Å². The number of hydrogen-bond acceptors (Lipinski definition) is 3. The standard InChI is InChI=1S/C26H24N2O3/c1-18-7-9-19(10-8-18)26(30)28(2)21-12-14-22(15-13-21)31-25(29)16-11-20-17-27-24-6-4-3-5-23(20)24/h3-10,12-15,17,27H,11,16H2,1-2H3. The molecule has 0 fully saturated rings. The van der Waals surface area contributed by atoms with Crippen molar-refractivity contribution in [1.29, 1.82) is 0 Å². The van der Waals surface area contributed by atoms with Crippen LogP contribution in [0.15, 0.2) is 79.0 Å². The molecule has 0 aliphatic carbocycles. The van der Waals surface area contributed by atoms with E-state index in [2.05, 4.69) is 4.98 Å². The minimum atomic E-state index is -0.290. The van der Waals surface area contributed by atoms with E-state index in [-0.39, 0.29) is 18.3 Å². The molecule has 4 aromatic rings. The zero-order valence-electron chi connectivity index (χ0n) is 17.6. The smallest absolute Gasteiger partial charge is 0.311 e. The zero-order chi connectivity index (χ0) is 21.8. The fourth-order valence-corrected chi connectivity index (χ4v) is 3.50. The molecule has 0 unspecified atom stereocenters. The summed E-state index contributed by atoms with van der Waals surface area (Å²) in [6.45, 7) is 1.98. The Kier molecular flexibility index (Phi) is 5.85. The number of anilines is 1. The number of amides is 1. The Hall–Kier alpha value is -3.86. The molecular weight excluding hydrogens is 388 g/mol. The Morgan fingerprint density at radius 3 is 2.39 bits per heavy atom. The molecule has 0 radical (unpaired) electrons. The van der Waals surface area contributed by atoms with Crippen molar-refractivity contribution in [3.05, 3.63) is 95.7 Å². The van der Waals surface area contributed by atoms with Gasteiger partial charge in [0.25, 0.3) is 5.91 Å². The van der Waals surface area contributed by atoms with Gasteiger partial charge in [0, 0.05) is 35.4 Å². The van der Waals surface area contributed by atoms with Crippen LogP contribution in [0.2, 0.25) is 0 Å². The van der Waals surface area contributed by atoms with Crippen LogP contribution in [0.1, 0.15) is 27.9 Å². The van der Waals surface area contributed by atoms with E-state index in [0.717, 1.165) is 27.7 Å². The van der Waals surface area contributed by atoms with Crippen molar-refractivity contribution < 1.29 is 14.3 Å². The molecule has 5 heteroatoms. The first kappa shape index (κ1) is 20.4. The van der Waals surface area contributed by atoms with Gasteiger partial charge in [0.1, 0.15) is 5.75 Å². The third-order valence-corrected chi connectivity index (χ3v) is 5.33. The van der Waals surface area contributed by atoms with Crippen molar-refractivity contribution in [1.82, 2.24) is 4.98 Å². The summed E-state index contributed by atoms with van der Waals surface area (Å²) in [4.78, 5) is 29.7. The number of para-hydroxylation sites is 1. The number of carbonyl (C=O) groups is 2. The van der Waals surface area contributed by atoms with Crippen molar-refractivity contribution in [3.63, 3.8) is 0 Å². The number of hydrogen-bond donors (Lipinski definition) is 1. The van der Waals surface area contributed by atoms with Gasteiger partial charge >= 0.3 is 5.97 Å². The Bertz CT molecular complexity index is 1210. The van der Waals surface area contributed by atoms with E-state index in [4.69, 9.17) is 4.74 Å². The van der Waals surface area contributed by atoms with Crippen molar-refractivity contribution in [3.8, 4) is 5.75 Å². The van der Waals surface area contributed by atoms with Crippen molar-refractivity contribution in [2.75, 3.05) is 11.9 Å². The summed E-state index contributed by atoms with van der Waals surface area (Å²) in [5, 5.41) is 1.13. The van der Waals surface area contributed by atoms with Crippen molar-refractivity contribution in [2.24, 2.45) is 0 Å². The number of aryl methyl sites for hydroxylation is 2. The maximum atomic E-state index is 12.6. The number of ether oxygens (including phenoxy) is 1. The number of esters is 1. The molecule has 1 aromatic heterocycles. The second-order valence-corrected chi connectivity index (χ2v) is 7.56. The van der Waals surface area contributed by atoms with Gasteiger partial charge in [-0.2, -0.15) is 0 Å². The number of fused-ring (bicyclic) bond motifs is 1. The monoisotopic (exact) mass is 412 g/mol. The second-order valence-electron chi connectivity index (χ2n) is 7.56. The van der Waals surface area contributed by atoms with Gasteiger partial charge in [0.05, 0.1) is 6.42 Å². The van der Waals surface area contributed by atoms with E-state index in [1.807, 2.05) is 61.7 Å². The van der Waals surface area contributed by atoms with Crippen LogP contribution in [-0.2, 0) is 11.2 Å². The highest BCUT2D eigenvalue weighted by molar-refractivity contribution is 6.05. The largest absolute Gasteiger partial charge is 0.427 e. The maximum Gasteiger partial charge on any atom is 0.311 e. The van der Waals surface area contributed by atoms with E-state index in [1.54, 1.807) is 36.2 Å². The summed E-state index contributed by atoms with van der Waals surface area (Å²) >= 11 is 0. The van der Waals surface area contributed by atoms with E-state index in [1.165, 1.54) is 0 Å². The number of aromatic amines is 1. The van der Waals surface area contributed by atoms with Crippen LogP contribution in [-0.4, -0.2) is 23.9 Å². The molecule has 1 N–H and O–H groups in total.